The van der Waals surface area contributed by atoms with Crippen molar-refractivity contribution in [2.45, 2.75) is 57.1 Å². The molecule has 0 unspecified atom stereocenters. The molecule has 0 fully saturated rings. The zero-order valence-electron chi connectivity index (χ0n) is 24.0. The first-order valence-electron chi connectivity index (χ1n) is 14.0. The highest BCUT2D eigenvalue weighted by molar-refractivity contribution is 5.78. The van der Waals surface area contributed by atoms with E-state index in [9.17, 15) is 25.2 Å². The minimum absolute atomic E-state index is 0.167. The SMILES string of the molecule is CC(C)N(CCCCOCC(=O)OC[C@@H](O)[C@@H](O)[C@H](O)[C@H](O)CO)c1cnc(-c2ccccc2)c(-c2ccccc2)n1. The molecule has 2 aromatic carbocycles. The number of anilines is 1. The second-order valence-electron chi connectivity index (χ2n) is 10.2. The van der Waals surface area contributed by atoms with Gasteiger partial charge in [0, 0.05) is 30.3 Å². The zero-order chi connectivity index (χ0) is 30.5. The normalized spacial score (nSPS) is 14.3. The average Bonchev–Trinajstić information content (AvgIpc) is 3.02. The molecular weight excluding hydrogens is 542 g/mol. The number of carbonyl (C=O) groups excluding carboxylic acids is 1. The van der Waals surface area contributed by atoms with Crippen LogP contribution in [0.15, 0.2) is 66.9 Å². The van der Waals surface area contributed by atoms with E-state index in [1.165, 1.54) is 0 Å². The molecule has 0 spiro atoms. The Balaban J connectivity index is 1.50. The van der Waals surface area contributed by atoms with Gasteiger partial charge in [-0.25, -0.2) is 9.78 Å². The number of hydrogen-bond donors (Lipinski definition) is 5. The van der Waals surface area contributed by atoms with Crippen LogP contribution in [0, 0.1) is 0 Å². The molecule has 0 saturated heterocycles. The number of rotatable bonds is 17. The fourth-order valence-electron chi connectivity index (χ4n) is 4.28. The van der Waals surface area contributed by atoms with Crippen LogP contribution >= 0.6 is 0 Å². The number of aliphatic hydroxyl groups is 5. The Morgan fingerprint density at radius 1 is 0.857 bits per heavy atom. The molecule has 1 heterocycles. The lowest BCUT2D eigenvalue weighted by molar-refractivity contribution is -0.160. The van der Waals surface area contributed by atoms with E-state index in [-0.39, 0.29) is 12.6 Å². The highest BCUT2D eigenvalue weighted by Crippen LogP contribution is 2.31. The lowest BCUT2D eigenvalue weighted by atomic mass is 10.0. The zero-order valence-corrected chi connectivity index (χ0v) is 24.0. The van der Waals surface area contributed by atoms with Gasteiger partial charge < -0.3 is 39.9 Å². The fourth-order valence-corrected chi connectivity index (χ4v) is 4.28. The number of carbonyl (C=O) groups is 1. The molecule has 0 aliphatic carbocycles. The van der Waals surface area contributed by atoms with Crippen LogP contribution in [0.3, 0.4) is 0 Å². The minimum atomic E-state index is -1.80. The summed E-state index contributed by atoms with van der Waals surface area (Å²) in [7, 11) is 0. The summed E-state index contributed by atoms with van der Waals surface area (Å²) in [5.41, 5.74) is 3.60. The molecule has 228 valence electrons. The van der Waals surface area contributed by atoms with Gasteiger partial charge in [0.05, 0.1) is 24.2 Å². The largest absolute Gasteiger partial charge is 0.461 e. The summed E-state index contributed by atoms with van der Waals surface area (Å²) in [6.45, 7) is 3.46. The van der Waals surface area contributed by atoms with Gasteiger partial charge in [0.15, 0.2) is 0 Å². The number of aromatic nitrogens is 2. The summed E-state index contributed by atoms with van der Waals surface area (Å²) in [4.78, 5) is 23.9. The number of nitrogens with zero attached hydrogens (tertiary/aromatic N) is 3. The first-order valence-corrected chi connectivity index (χ1v) is 14.0. The third-order valence-electron chi connectivity index (χ3n) is 6.67. The van der Waals surface area contributed by atoms with Crippen molar-refractivity contribution < 1.29 is 39.8 Å². The molecule has 0 amide bonds. The summed E-state index contributed by atoms with van der Waals surface area (Å²) >= 11 is 0. The Morgan fingerprint density at radius 2 is 1.45 bits per heavy atom. The Bertz CT molecular complexity index is 1220. The van der Waals surface area contributed by atoms with Crippen LogP contribution in [0.5, 0.6) is 0 Å². The number of hydrogen-bond acceptors (Lipinski definition) is 11. The van der Waals surface area contributed by atoms with Gasteiger partial charge in [-0.2, -0.15) is 0 Å². The van der Waals surface area contributed by atoms with Crippen molar-refractivity contribution in [3.05, 3.63) is 66.9 Å². The van der Waals surface area contributed by atoms with Crippen LogP contribution < -0.4 is 4.90 Å². The van der Waals surface area contributed by atoms with E-state index in [1.54, 1.807) is 6.20 Å². The molecule has 0 saturated carbocycles. The van der Waals surface area contributed by atoms with Crippen molar-refractivity contribution >= 4 is 11.8 Å². The maximum Gasteiger partial charge on any atom is 0.332 e. The summed E-state index contributed by atoms with van der Waals surface area (Å²) in [6.07, 6.45) is -3.62. The third kappa shape index (κ3) is 9.55. The second-order valence-corrected chi connectivity index (χ2v) is 10.2. The third-order valence-corrected chi connectivity index (χ3v) is 6.67. The first kappa shape index (κ1) is 33.1. The molecule has 0 bridgehead atoms. The summed E-state index contributed by atoms with van der Waals surface area (Å²) in [6, 6.07) is 20.1. The van der Waals surface area contributed by atoms with Crippen LogP contribution in [0.4, 0.5) is 5.82 Å². The molecular formula is C31H41N3O8. The lowest BCUT2D eigenvalue weighted by Crippen LogP contribution is -2.47. The number of ether oxygens (including phenoxy) is 2. The van der Waals surface area contributed by atoms with E-state index in [4.69, 9.17) is 24.5 Å². The van der Waals surface area contributed by atoms with Crippen LogP contribution in [-0.4, -0.2) is 105 Å². The Kier molecular flexibility index (Phi) is 13.3. The molecule has 5 N–H and O–H groups in total. The quantitative estimate of drug-likeness (QED) is 0.116. The molecule has 0 aliphatic rings. The summed E-state index contributed by atoms with van der Waals surface area (Å²) in [5.74, 6) is 0.0230. The van der Waals surface area contributed by atoms with Gasteiger partial charge in [-0.1, -0.05) is 60.7 Å². The van der Waals surface area contributed by atoms with E-state index in [0.717, 1.165) is 34.8 Å². The van der Waals surface area contributed by atoms with Crippen molar-refractivity contribution in [3.63, 3.8) is 0 Å². The number of benzene rings is 2. The maximum absolute atomic E-state index is 11.9. The van der Waals surface area contributed by atoms with E-state index in [1.807, 2.05) is 60.7 Å². The van der Waals surface area contributed by atoms with Crippen molar-refractivity contribution in [2.24, 2.45) is 0 Å². The highest BCUT2D eigenvalue weighted by Gasteiger charge is 2.30. The number of aliphatic hydroxyl groups excluding tert-OH is 5. The fraction of sp³-hybridized carbons (Fsp3) is 0.452. The van der Waals surface area contributed by atoms with Gasteiger partial charge in [-0.05, 0) is 26.7 Å². The smallest absolute Gasteiger partial charge is 0.332 e. The topological polar surface area (TPSA) is 166 Å². The molecule has 11 nitrogen and oxygen atoms in total. The maximum atomic E-state index is 11.9. The van der Waals surface area contributed by atoms with Crippen molar-refractivity contribution in [3.8, 4) is 22.5 Å². The van der Waals surface area contributed by atoms with Crippen molar-refractivity contribution in [1.29, 1.82) is 0 Å². The van der Waals surface area contributed by atoms with Gasteiger partial charge >= 0.3 is 5.97 Å². The van der Waals surface area contributed by atoms with Gasteiger partial charge in [-0.3, -0.25) is 4.98 Å². The molecule has 3 rings (SSSR count). The number of unbranched alkanes of at least 4 members (excludes halogenated alkanes) is 1. The van der Waals surface area contributed by atoms with E-state index >= 15 is 0 Å². The second kappa shape index (κ2) is 16.9. The monoisotopic (exact) mass is 583 g/mol. The van der Waals surface area contributed by atoms with Crippen LogP contribution in [0.2, 0.25) is 0 Å². The van der Waals surface area contributed by atoms with Crippen LogP contribution in [0.1, 0.15) is 26.7 Å². The summed E-state index contributed by atoms with van der Waals surface area (Å²) < 4.78 is 10.3. The molecule has 4 atom stereocenters. The first-order chi connectivity index (χ1) is 20.2. The van der Waals surface area contributed by atoms with Crippen LogP contribution in [0.25, 0.3) is 22.5 Å². The summed E-state index contributed by atoms with van der Waals surface area (Å²) in [5, 5.41) is 47.4. The average molecular weight is 584 g/mol. The molecule has 11 heteroatoms. The van der Waals surface area contributed by atoms with Gasteiger partial charge in [0.1, 0.15) is 43.4 Å². The predicted molar refractivity (Wildman–Crippen MR) is 158 cm³/mol. The highest BCUT2D eigenvalue weighted by atomic mass is 16.6. The number of esters is 1. The van der Waals surface area contributed by atoms with E-state index in [0.29, 0.717) is 19.6 Å². The van der Waals surface area contributed by atoms with E-state index in [2.05, 4.69) is 18.7 Å². The van der Waals surface area contributed by atoms with Crippen molar-refractivity contribution in [1.82, 2.24) is 9.97 Å². The molecule has 3 aromatic rings. The van der Waals surface area contributed by atoms with Gasteiger partial charge in [-0.15, -0.1) is 0 Å². The van der Waals surface area contributed by atoms with Gasteiger partial charge in [0.25, 0.3) is 0 Å². The Hall–Kier alpha value is -3.45. The van der Waals surface area contributed by atoms with Crippen LogP contribution in [-0.2, 0) is 14.3 Å². The molecule has 0 radical (unpaired) electrons. The Morgan fingerprint density at radius 3 is 2.05 bits per heavy atom. The molecule has 0 aliphatic heterocycles. The molecule has 42 heavy (non-hydrogen) atoms. The van der Waals surface area contributed by atoms with Crippen molar-refractivity contribution in [2.75, 3.05) is 37.9 Å². The molecule has 1 aromatic heterocycles. The van der Waals surface area contributed by atoms with Gasteiger partial charge in [0.2, 0.25) is 0 Å². The standard InChI is InChI=1S/C31H41N3O8/c1-21(2)34(15-9-10-16-41-20-27(38)42-19-25(37)31(40)30(39)24(36)18-35)26-17-32-28(22-11-5-3-6-12-22)29(33-26)23-13-7-4-8-14-23/h3-8,11-14,17,21,24-25,30-31,35-37,39-40H,9-10,15-16,18-20H2,1-2H3/t24-,25-,30-,31-/m1/s1. The predicted octanol–water partition coefficient (Wildman–Crippen LogP) is 1.80. The van der Waals surface area contributed by atoms with E-state index < -0.39 is 43.6 Å². The lowest BCUT2D eigenvalue weighted by Gasteiger charge is -2.28. The minimum Gasteiger partial charge on any atom is -0.461 e. The Labute approximate surface area is 246 Å².